The van der Waals surface area contributed by atoms with Gasteiger partial charge in [0.25, 0.3) is 0 Å². The number of esters is 1. The van der Waals surface area contributed by atoms with Crippen molar-refractivity contribution in [3.8, 4) is 22.6 Å². The quantitative estimate of drug-likeness (QED) is 0.643. The highest BCUT2D eigenvalue weighted by molar-refractivity contribution is 6.33. The SMILES string of the molecule is CC(=O)Oc1cccc(O)c1-c1ccc(C(F)(F)F)cc1Cl. The molecule has 0 spiro atoms. The molecule has 0 fully saturated rings. The fourth-order valence-electron chi connectivity index (χ4n) is 1.92. The summed E-state index contributed by atoms with van der Waals surface area (Å²) >= 11 is 5.90. The molecule has 0 atom stereocenters. The first-order valence-corrected chi connectivity index (χ1v) is 6.45. The van der Waals surface area contributed by atoms with Gasteiger partial charge in [0.2, 0.25) is 0 Å². The molecular weight excluding hydrogens is 321 g/mol. The molecule has 0 saturated heterocycles. The number of halogens is 4. The third-order valence-electron chi connectivity index (χ3n) is 2.82. The summed E-state index contributed by atoms with van der Waals surface area (Å²) in [7, 11) is 0. The van der Waals surface area contributed by atoms with E-state index in [1.165, 1.54) is 25.1 Å². The molecule has 1 N–H and O–H groups in total. The maximum atomic E-state index is 12.7. The number of carbonyl (C=O) groups excluding carboxylic acids is 1. The molecule has 0 saturated carbocycles. The fourth-order valence-corrected chi connectivity index (χ4v) is 2.20. The van der Waals surface area contributed by atoms with E-state index in [1.807, 2.05) is 0 Å². The van der Waals surface area contributed by atoms with Crippen LogP contribution in [0.25, 0.3) is 11.1 Å². The van der Waals surface area contributed by atoms with Gasteiger partial charge in [-0.2, -0.15) is 13.2 Å². The lowest BCUT2D eigenvalue weighted by Crippen LogP contribution is -2.05. The van der Waals surface area contributed by atoms with Gasteiger partial charge in [0.15, 0.2) is 0 Å². The van der Waals surface area contributed by atoms with E-state index in [0.29, 0.717) is 0 Å². The summed E-state index contributed by atoms with van der Waals surface area (Å²) in [6.07, 6.45) is -4.53. The number of ether oxygens (including phenoxy) is 1. The molecule has 7 heteroatoms. The summed E-state index contributed by atoms with van der Waals surface area (Å²) in [4.78, 5) is 11.1. The Morgan fingerprint density at radius 2 is 1.91 bits per heavy atom. The van der Waals surface area contributed by atoms with Crippen molar-refractivity contribution in [3.63, 3.8) is 0 Å². The van der Waals surface area contributed by atoms with Crippen LogP contribution in [0.4, 0.5) is 13.2 Å². The number of benzene rings is 2. The molecule has 2 aromatic rings. The Kier molecular flexibility index (Phi) is 4.32. The molecule has 0 radical (unpaired) electrons. The molecule has 3 nitrogen and oxygen atoms in total. The number of phenolic OH excluding ortho intramolecular Hbond substituents is 1. The summed E-state index contributed by atoms with van der Waals surface area (Å²) in [5.74, 6) is -0.885. The second-order valence-electron chi connectivity index (χ2n) is 4.44. The molecule has 0 aliphatic carbocycles. The number of aromatic hydroxyl groups is 1. The van der Waals surface area contributed by atoms with Crippen molar-refractivity contribution < 1.29 is 27.8 Å². The van der Waals surface area contributed by atoms with Crippen molar-refractivity contribution in [2.45, 2.75) is 13.1 Å². The van der Waals surface area contributed by atoms with Gasteiger partial charge in [-0.1, -0.05) is 23.7 Å². The van der Waals surface area contributed by atoms with Crippen LogP contribution in [-0.2, 0) is 11.0 Å². The van der Waals surface area contributed by atoms with Crippen molar-refractivity contribution in [2.24, 2.45) is 0 Å². The molecule has 0 bridgehead atoms. The maximum Gasteiger partial charge on any atom is 0.416 e. The number of phenols is 1. The predicted molar refractivity (Wildman–Crippen MR) is 74.9 cm³/mol. The Morgan fingerprint density at radius 3 is 2.45 bits per heavy atom. The number of carbonyl (C=O) groups is 1. The van der Waals surface area contributed by atoms with Gasteiger partial charge < -0.3 is 9.84 Å². The standard InChI is InChI=1S/C15H10ClF3O3/c1-8(20)22-13-4-2-3-12(21)14(13)10-6-5-9(7-11(10)16)15(17,18)19/h2-7,21H,1H3. The lowest BCUT2D eigenvalue weighted by molar-refractivity contribution is -0.137. The minimum absolute atomic E-state index is 0.00848. The zero-order chi connectivity index (χ0) is 16.5. The van der Waals surface area contributed by atoms with E-state index in [0.717, 1.165) is 18.2 Å². The Hall–Kier alpha value is -2.21. The van der Waals surface area contributed by atoms with Crippen LogP contribution >= 0.6 is 11.6 Å². The molecule has 0 heterocycles. The molecule has 2 aromatic carbocycles. The number of alkyl halides is 3. The van der Waals surface area contributed by atoms with E-state index in [9.17, 15) is 23.1 Å². The number of hydrogen-bond donors (Lipinski definition) is 1. The van der Waals surface area contributed by atoms with E-state index < -0.39 is 17.7 Å². The Labute approximate surface area is 128 Å². The minimum Gasteiger partial charge on any atom is -0.507 e. The van der Waals surface area contributed by atoms with E-state index in [4.69, 9.17) is 16.3 Å². The van der Waals surface area contributed by atoms with Gasteiger partial charge in [-0.3, -0.25) is 4.79 Å². The molecule has 0 amide bonds. The summed E-state index contributed by atoms with van der Waals surface area (Å²) in [5, 5.41) is 9.72. The van der Waals surface area contributed by atoms with Crippen LogP contribution in [0.1, 0.15) is 12.5 Å². The molecule has 0 aliphatic heterocycles. The van der Waals surface area contributed by atoms with Gasteiger partial charge in [-0.05, 0) is 24.3 Å². The van der Waals surface area contributed by atoms with Crippen molar-refractivity contribution in [2.75, 3.05) is 0 Å². The van der Waals surface area contributed by atoms with E-state index >= 15 is 0 Å². The average molecular weight is 331 g/mol. The monoisotopic (exact) mass is 330 g/mol. The van der Waals surface area contributed by atoms with Crippen LogP contribution in [0.15, 0.2) is 36.4 Å². The Bertz CT molecular complexity index is 726. The molecule has 0 aliphatic rings. The normalized spacial score (nSPS) is 11.3. The molecule has 22 heavy (non-hydrogen) atoms. The predicted octanol–water partition coefficient (Wildman–Crippen LogP) is 4.66. The van der Waals surface area contributed by atoms with Gasteiger partial charge >= 0.3 is 12.1 Å². The van der Waals surface area contributed by atoms with Crippen molar-refractivity contribution in [1.29, 1.82) is 0 Å². The van der Waals surface area contributed by atoms with Crippen LogP contribution in [0.5, 0.6) is 11.5 Å². The fraction of sp³-hybridized carbons (Fsp3) is 0.133. The van der Waals surface area contributed by atoms with Crippen molar-refractivity contribution in [3.05, 3.63) is 47.0 Å². The van der Waals surface area contributed by atoms with Crippen LogP contribution in [0.3, 0.4) is 0 Å². The minimum atomic E-state index is -4.53. The average Bonchev–Trinajstić information content (AvgIpc) is 2.38. The molecule has 116 valence electrons. The Morgan fingerprint density at radius 1 is 1.23 bits per heavy atom. The van der Waals surface area contributed by atoms with Crippen LogP contribution in [0.2, 0.25) is 5.02 Å². The molecular formula is C15H10ClF3O3. The summed E-state index contributed by atoms with van der Waals surface area (Å²) < 4.78 is 42.9. The van der Waals surface area contributed by atoms with Gasteiger partial charge in [0, 0.05) is 17.5 Å². The molecule has 2 rings (SSSR count). The highest BCUT2D eigenvalue weighted by Crippen LogP contribution is 2.43. The smallest absolute Gasteiger partial charge is 0.416 e. The van der Waals surface area contributed by atoms with Gasteiger partial charge in [0.05, 0.1) is 11.1 Å². The van der Waals surface area contributed by atoms with Gasteiger partial charge in [-0.25, -0.2) is 0 Å². The molecule has 0 unspecified atom stereocenters. The van der Waals surface area contributed by atoms with Crippen molar-refractivity contribution in [1.82, 2.24) is 0 Å². The third-order valence-corrected chi connectivity index (χ3v) is 3.14. The first-order chi connectivity index (χ1) is 10.2. The summed E-state index contributed by atoms with van der Waals surface area (Å²) in [6.45, 7) is 1.17. The lowest BCUT2D eigenvalue weighted by atomic mass is 10.0. The number of rotatable bonds is 2. The van der Waals surface area contributed by atoms with Gasteiger partial charge in [0.1, 0.15) is 11.5 Å². The van der Waals surface area contributed by atoms with E-state index in [2.05, 4.69) is 0 Å². The van der Waals surface area contributed by atoms with Crippen LogP contribution in [0, 0.1) is 0 Å². The van der Waals surface area contributed by atoms with Crippen LogP contribution in [-0.4, -0.2) is 11.1 Å². The van der Waals surface area contributed by atoms with Gasteiger partial charge in [-0.15, -0.1) is 0 Å². The first kappa shape index (κ1) is 16.2. The van der Waals surface area contributed by atoms with E-state index in [-0.39, 0.29) is 27.6 Å². The largest absolute Gasteiger partial charge is 0.507 e. The zero-order valence-corrected chi connectivity index (χ0v) is 12.0. The van der Waals surface area contributed by atoms with E-state index in [1.54, 1.807) is 0 Å². The maximum absolute atomic E-state index is 12.7. The lowest BCUT2D eigenvalue weighted by Gasteiger charge is -2.14. The Balaban J connectivity index is 2.60. The second kappa shape index (κ2) is 5.88. The zero-order valence-electron chi connectivity index (χ0n) is 11.2. The summed E-state index contributed by atoms with van der Waals surface area (Å²) in [5.41, 5.74) is -0.730. The topological polar surface area (TPSA) is 46.5 Å². The van der Waals surface area contributed by atoms with Crippen LogP contribution < -0.4 is 4.74 Å². The third kappa shape index (κ3) is 3.33. The molecule has 0 aromatic heterocycles. The second-order valence-corrected chi connectivity index (χ2v) is 4.84. The highest BCUT2D eigenvalue weighted by atomic mass is 35.5. The summed E-state index contributed by atoms with van der Waals surface area (Å²) in [6, 6.07) is 6.87. The first-order valence-electron chi connectivity index (χ1n) is 6.07. The highest BCUT2D eigenvalue weighted by Gasteiger charge is 2.31. The number of hydrogen-bond acceptors (Lipinski definition) is 3. The van der Waals surface area contributed by atoms with Crippen molar-refractivity contribution >= 4 is 17.6 Å².